The Hall–Kier alpha value is -2.09. The molecule has 0 atom stereocenters. The third kappa shape index (κ3) is 2.86. The Morgan fingerprint density at radius 3 is 2.54 bits per heavy atom. The van der Waals surface area contributed by atoms with Crippen LogP contribution in [-0.4, -0.2) is 26.0 Å². The summed E-state index contributed by atoms with van der Waals surface area (Å²) in [4.78, 5) is 12.8. The van der Waals surface area contributed by atoms with Crippen molar-refractivity contribution in [2.75, 3.05) is 5.23 Å². The molecule has 2 aromatic carbocycles. The average Bonchev–Trinajstić information content (AvgIpc) is 2.92. The number of benzene rings is 2. The van der Waals surface area contributed by atoms with Crippen molar-refractivity contribution in [3.63, 3.8) is 0 Å². The van der Waals surface area contributed by atoms with Crippen molar-refractivity contribution in [2.24, 2.45) is 0 Å². The SMILES string of the molecule is O=C(c1ccc(Cl)c(N(O)O)c1)n1cc(CO)c2ccc(Cl)cc21. The van der Waals surface area contributed by atoms with E-state index in [9.17, 15) is 9.90 Å². The van der Waals surface area contributed by atoms with Crippen molar-refractivity contribution in [3.05, 3.63) is 63.8 Å². The molecule has 0 bridgehead atoms. The topological polar surface area (TPSA) is 85.9 Å². The lowest BCUT2D eigenvalue weighted by Gasteiger charge is -2.12. The molecule has 0 spiro atoms. The summed E-state index contributed by atoms with van der Waals surface area (Å²) in [5.74, 6) is -0.429. The Morgan fingerprint density at radius 1 is 1.12 bits per heavy atom. The molecule has 8 heteroatoms. The van der Waals surface area contributed by atoms with E-state index in [-0.39, 0.29) is 28.1 Å². The maximum absolute atomic E-state index is 12.8. The van der Waals surface area contributed by atoms with E-state index in [1.54, 1.807) is 18.2 Å². The van der Waals surface area contributed by atoms with Gasteiger partial charge in [-0.05, 0) is 30.3 Å². The van der Waals surface area contributed by atoms with Gasteiger partial charge in [-0.3, -0.25) is 19.8 Å². The Labute approximate surface area is 146 Å². The number of carbonyl (C=O) groups is 1. The summed E-state index contributed by atoms with van der Waals surface area (Å²) in [6.07, 6.45) is 1.52. The molecule has 0 fully saturated rings. The number of hydrogen-bond acceptors (Lipinski definition) is 5. The first-order valence-electron chi connectivity index (χ1n) is 6.85. The van der Waals surface area contributed by atoms with Crippen LogP contribution in [0.1, 0.15) is 15.9 Å². The summed E-state index contributed by atoms with van der Waals surface area (Å²) in [5.41, 5.74) is 1.18. The molecule has 1 aromatic heterocycles. The van der Waals surface area contributed by atoms with Gasteiger partial charge in [0.15, 0.2) is 0 Å². The first-order valence-corrected chi connectivity index (χ1v) is 7.60. The minimum absolute atomic E-state index is 0.0769. The summed E-state index contributed by atoms with van der Waals surface area (Å²) >= 11 is 11.9. The first kappa shape index (κ1) is 16.8. The molecular weight excluding hydrogens is 355 g/mol. The molecule has 6 nitrogen and oxygen atoms in total. The van der Waals surface area contributed by atoms with Crippen LogP contribution in [0.25, 0.3) is 10.9 Å². The number of carbonyl (C=O) groups excluding carboxylic acids is 1. The highest BCUT2D eigenvalue weighted by atomic mass is 35.5. The highest BCUT2D eigenvalue weighted by molar-refractivity contribution is 6.33. The number of rotatable bonds is 3. The van der Waals surface area contributed by atoms with Crippen molar-refractivity contribution in [2.45, 2.75) is 6.61 Å². The van der Waals surface area contributed by atoms with Crippen LogP contribution in [0.2, 0.25) is 10.0 Å². The van der Waals surface area contributed by atoms with Gasteiger partial charge in [-0.15, -0.1) is 5.23 Å². The van der Waals surface area contributed by atoms with Gasteiger partial charge in [0.05, 0.1) is 17.1 Å². The van der Waals surface area contributed by atoms with E-state index in [0.717, 1.165) is 0 Å². The molecule has 0 saturated heterocycles. The summed E-state index contributed by atoms with van der Waals surface area (Å²) < 4.78 is 1.35. The van der Waals surface area contributed by atoms with Gasteiger partial charge in [0.25, 0.3) is 5.91 Å². The van der Waals surface area contributed by atoms with E-state index in [0.29, 0.717) is 21.5 Å². The van der Waals surface area contributed by atoms with Gasteiger partial charge in [0, 0.05) is 27.7 Å². The van der Waals surface area contributed by atoms with E-state index < -0.39 is 5.91 Å². The van der Waals surface area contributed by atoms with Crippen LogP contribution in [0, 0.1) is 0 Å². The molecule has 0 aliphatic rings. The molecule has 24 heavy (non-hydrogen) atoms. The highest BCUT2D eigenvalue weighted by Gasteiger charge is 2.17. The molecule has 124 valence electrons. The van der Waals surface area contributed by atoms with Gasteiger partial charge in [0.1, 0.15) is 5.69 Å². The number of anilines is 1. The van der Waals surface area contributed by atoms with Gasteiger partial charge in [-0.25, -0.2) is 0 Å². The Balaban J connectivity index is 2.16. The number of hydrogen-bond donors (Lipinski definition) is 3. The van der Waals surface area contributed by atoms with Crippen LogP contribution in [-0.2, 0) is 6.61 Å². The number of nitrogens with zero attached hydrogens (tertiary/aromatic N) is 2. The molecule has 0 unspecified atom stereocenters. The van der Waals surface area contributed by atoms with Gasteiger partial charge >= 0.3 is 0 Å². The van der Waals surface area contributed by atoms with E-state index >= 15 is 0 Å². The second-order valence-electron chi connectivity index (χ2n) is 5.10. The smallest absolute Gasteiger partial charge is 0.262 e. The summed E-state index contributed by atoms with van der Waals surface area (Å²) in [7, 11) is 0. The minimum Gasteiger partial charge on any atom is -0.392 e. The predicted octanol–water partition coefficient (Wildman–Crippen LogP) is 3.71. The van der Waals surface area contributed by atoms with Gasteiger partial charge in [0.2, 0.25) is 0 Å². The average molecular weight is 367 g/mol. The van der Waals surface area contributed by atoms with Crippen LogP contribution < -0.4 is 5.23 Å². The number of aliphatic hydroxyl groups excluding tert-OH is 1. The van der Waals surface area contributed by atoms with Crippen molar-refractivity contribution in [3.8, 4) is 0 Å². The molecule has 0 aliphatic heterocycles. The highest BCUT2D eigenvalue weighted by Crippen LogP contribution is 2.28. The monoisotopic (exact) mass is 366 g/mol. The Bertz CT molecular complexity index is 937. The summed E-state index contributed by atoms with van der Waals surface area (Å²) in [6, 6.07) is 9.12. The van der Waals surface area contributed by atoms with Gasteiger partial charge in [-0.1, -0.05) is 29.3 Å². The molecule has 3 rings (SSSR count). The fraction of sp³-hybridized carbons (Fsp3) is 0.0625. The minimum atomic E-state index is -0.429. The van der Waals surface area contributed by atoms with Crippen molar-refractivity contribution in [1.82, 2.24) is 4.57 Å². The Morgan fingerprint density at radius 2 is 1.88 bits per heavy atom. The molecule has 0 radical (unpaired) electrons. The maximum Gasteiger partial charge on any atom is 0.262 e. The molecule has 0 aliphatic carbocycles. The van der Waals surface area contributed by atoms with Crippen LogP contribution in [0.5, 0.6) is 0 Å². The normalized spacial score (nSPS) is 11.0. The van der Waals surface area contributed by atoms with E-state index in [1.165, 1.54) is 29.0 Å². The lowest BCUT2D eigenvalue weighted by Crippen LogP contribution is -2.15. The van der Waals surface area contributed by atoms with Crippen LogP contribution >= 0.6 is 23.2 Å². The lowest BCUT2D eigenvalue weighted by molar-refractivity contribution is 0.0292. The number of fused-ring (bicyclic) bond motifs is 1. The molecule has 3 aromatic rings. The fourth-order valence-corrected chi connectivity index (χ4v) is 2.86. The number of aromatic nitrogens is 1. The van der Waals surface area contributed by atoms with Crippen molar-refractivity contribution < 1.29 is 20.3 Å². The van der Waals surface area contributed by atoms with Gasteiger partial charge < -0.3 is 5.11 Å². The maximum atomic E-state index is 12.8. The molecule has 1 heterocycles. The van der Waals surface area contributed by atoms with E-state index in [2.05, 4.69) is 0 Å². The second kappa shape index (κ2) is 6.43. The molecular formula is C16H12Cl2N2O4. The van der Waals surface area contributed by atoms with Crippen LogP contribution in [0.4, 0.5) is 5.69 Å². The van der Waals surface area contributed by atoms with E-state index in [4.69, 9.17) is 33.6 Å². The Kier molecular flexibility index (Phi) is 4.49. The first-order chi connectivity index (χ1) is 11.4. The molecule has 0 saturated carbocycles. The fourth-order valence-electron chi connectivity index (χ4n) is 2.50. The van der Waals surface area contributed by atoms with Crippen molar-refractivity contribution >= 4 is 45.7 Å². The van der Waals surface area contributed by atoms with Crippen LogP contribution in [0.3, 0.4) is 0 Å². The quantitative estimate of drug-likeness (QED) is 0.615. The largest absolute Gasteiger partial charge is 0.392 e. The van der Waals surface area contributed by atoms with Gasteiger partial charge in [-0.2, -0.15) is 0 Å². The van der Waals surface area contributed by atoms with Crippen LogP contribution in [0.15, 0.2) is 42.6 Å². The van der Waals surface area contributed by atoms with E-state index in [1.807, 2.05) is 0 Å². The number of aliphatic hydroxyl groups is 1. The molecule has 3 N–H and O–H groups in total. The molecule has 0 amide bonds. The van der Waals surface area contributed by atoms with Crippen molar-refractivity contribution in [1.29, 1.82) is 0 Å². The zero-order valence-corrected chi connectivity index (χ0v) is 13.7. The zero-order valence-electron chi connectivity index (χ0n) is 12.1. The second-order valence-corrected chi connectivity index (χ2v) is 5.95. The predicted molar refractivity (Wildman–Crippen MR) is 90.1 cm³/mol. The summed E-state index contributed by atoms with van der Waals surface area (Å²) in [5, 5.41) is 28.9. The third-order valence-corrected chi connectivity index (χ3v) is 4.20. The summed E-state index contributed by atoms with van der Waals surface area (Å²) in [6.45, 7) is -0.231. The standard InChI is InChI=1S/C16H12Cl2N2O4/c17-11-2-3-12-10(8-21)7-19(14(12)6-11)16(22)9-1-4-13(18)15(5-9)20(23)24/h1-7,21,23-24H,8H2. The third-order valence-electron chi connectivity index (χ3n) is 3.65. The lowest BCUT2D eigenvalue weighted by atomic mass is 10.1. The number of halogens is 2. The zero-order chi connectivity index (χ0) is 17.4.